The van der Waals surface area contributed by atoms with Crippen LogP contribution >= 0.6 is 10.7 Å². The second kappa shape index (κ2) is 8.63. The lowest BCUT2D eigenvalue weighted by Gasteiger charge is -2.38. The molecule has 0 saturated carbocycles. The van der Waals surface area contributed by atoms with Crippen molar-refractivity contribution in [3.8, 4) is 0 Å². The number of anilines is 2. The predicted molar refractivity (Wildman–Crippen MR) is 117 cm³/mol. The number of halogens is 1. The maximum absolute atomic E-state index is 12.6. The van der Waals surface area contributed by atoms with Gasteiger partial charge in [-0.15, -0.1) is 0 Å². The predicted octanol–water partition coefficient (Wildman–Crippen LogP) is 2.67. The summed E-state index contributed by atoms with van der Waals surface area (Å²) in [4.78, 5) is 30.3. The molecule has 1 atom stereocenters. The van der Waals surface area contributed by atoms with Gasteiger partial charge in [-0.1, -0.05) is 12.1 Å². The van der Waals surface area contributed by atoms with Gasteiger partial charge < -0.3 is 19.4 Å². The quantitative estimate of drug-likeness (QED) is 0.646. The van der Waals surface area contributed by atoms with E-state index >= 15 is 0 Å². The molecule has 30 heavy (non-hydrogen) atoms. The van der Waals surface area contributed by atoms with Gasteiger partial charge in [0.15, 0.2) is 0 Å². The fourth-order valence-electron chi connectivity index (χ4n) is 3.82. The molecule has 1 unspecified atom stereocenters. The molecule has 0 N–H and O–H groups in total. The van der Waals surface area contributed by atoms with Gasteiger partial charge >= 0.3 is 6.09 Å². The third kappa shape index (κ3) is 5.78. The van der Waals surface area contributed by atoms with Crippen LogP contribution < -0.4 is 9.80 Å². The molecule has 1 aromatic rings. The van der Waals surface area contributed by atoms with Crippen molar-refractivity contribution in [2.24, 2.45) is 5.92 Å². The highest BCUT2D eigenvalue weighted by Gasteiger charge is 2.35. The molecule has 2 aliphatic rings. The molecule has 2 amide bonds. The minimum Gasteiger partial charge on any atom is -0.444 e. The maximum atomic E-state index is 12.6. The lowest BCUT2D eigenvalue weighted by molar-refractivity contribution is -0.117. The molecule has 166 valence electrons. The summed E-state index contributed by atoms with van der Waals surface area (Å²) < 4.78 is 28.3. The second-order valence-electron chi connectivity index (χ2n) is 8.72. The lowest BCUT2D eigenvalue weighted by Crippen LogP contribution is -2.50. The first-order chi connectivity index (χ1) is 13.9. The largest absolute Gasteiger partial charge is 0.444 e. The number of piperazine rings is 1. The smallest absolute Gasteiger partial charge is 0.410 e. The third-order valence-electron chi connectivity index (χ3n) is 5.08. The first kappa shape index (κ1) is 22.7. The van der Waals surface area contributed by atoms with Gasteiger partial charge in [0, 0.05) is 55.7 Å². The molecule has 2 saturated heterocycles. The Morgan fingerprint density at radius 2 is 1.73 bits per heavy atom. The summed E-state index contributed by atoms with van der Waals surface area (Å²) in [5, 5.41) is 0. The topological polar surface area (TPSA) is 87.2 Å². The third-order valence-corrected chi connectivity index (χ3v) is 6.33. The fourth-order valence-corrected chi connectivity index (χ4v) is 5.14. The molecule has 0 radical (unpaired) electrons. The molecule has 3 rings (SSSR count). The lowest BCUT2D eigenvalue weighted by atomic mass is 10.1. The minimum atomic E-state index is -3.66. The SMILES string of the molecule is CC(C)(C)OC(=O)N1CCN(c2ccccc2N2CC(CS(=O)(=O)Cl)CC2=O)CC1. The summed E-state index contributed by atoms with van der Waals surface area (Å²) in [7, 11) is 1.72. The van der Waals surface area contributed by atoms with E-state index in [9.17, 15) is 18.0 Å². The van der Waals surface area contributed by atoms with Crippen molar-refractivity contribution in [1.29, 1.82) is 0 Å². The van der Waals surface area contributed by atoms with Crippen molar-refractivity contribution in [3.05, 3.63) is 24.3 Å². The van der Waals surface area contributed by atoms with Gasteiger partial charge in [0.2, 0.25) is 15.0 Å². The molecule has 2 fully saturated rings. The van der Waals surface area contributed by atoms with Crippen molar-refractivity contribution >= 4 is 43.1 Å². The van der Waals surface area contributed by atoms with Gasteiger partial charge in [0.25, 0.3) is 0 Å². The second-order valence-corrected chi connectivity index (χ2v) is 11.5. The molecule has 0 aliphatic carbocycles. The number of rotatable bonds is 4. The van der Waals surface area contributed by atoms with Crippen LogP contribution in [0.25, 0.3) is 0 Å². The molecular weight excluding hydrogens is 430 g/mol. The first-order valence-corrected chi connectivity index (χ1v) is 12.5. The minimum absolute atomic E-state index is 0.111. The van der Waals surface area contributed by atoms with Crippen LogP contribution in [-0.2, 0) is 18.6 Å². The Morgan fingerprint density at radius 1 is 1.13 bits per heavy atom. The van der Waals surface area contributed by atoms with Crippen LogP contribution in [0, 0.1) is 5.92 Å². The average molecular weight is 458 g/mol. The van der Waals surface area contributed by atoms with Crippen LogP contribution in [-0.4, -0.2) is 69.4 Å². The van der Waals surface area contributed by atoms with Crippen molar-refractivity contribution in [2.75, 3.05) is 48.3 Å². The Morgan fingerprint density at radius 3 is 2.30 bits per heavy atom. The van der Waals surface area contributed by atoms with Crippen molar-refractivity contribution in [1.82, 2.24) is 4.90 Å². The standard InChI is InChI=1S/C20H28ClN3O5S/c1-20(2,3)29-19(26)23-10-8-22(9-11-23)16-6-4-5-7-17(16)24-13-15(12-18(24)25)14-30(21,27)28/h4-7,15H,8-14H2,1-3H3. The van der Waals surface area contributed by atoms with Crippen LogP contribution in [0.2, 0.25) is 0 Å². The van der Waals surface area contributed by atoms with Crippen molar-refractivity contribution in [2.45, 2.75) is 32.8 Å². The van der Waals surface area contributed by atoms with E-state index in [0.717, 1.165) is 11.4 Å². The molecule has 0 spiro atoms. The summed E-state index contributed by atoms with van der Waals surface area (Å²) >= 11 is 0. The van der Waals surface area contributed by atoms with E-state index in [2.05, 4.69) is 4.90 Å². The van der Waals surface area contributed by atoms with Gasteiger partial charge in [0.1, 0.15) is 5.60 Å². The summed E-state index contributed by atoms with van der Waals surface area (Å²) in [6, 6.07) is 7.57. The number of hydrogen-bond acceptors (Lipinski definition) is 6. The molecule has 2 aliphatic heterocycles. The zero-order chi connectivity index (χ0) is 22.1. The highest BCUT2D eigenvalue weighted by atomic mass is 35.7. The van der Waals surface area contributed by atoms with Gasteiger partial charge in [-0.2, -0.15) is 0 Å². The van der Waals surface area contributed by atoms with E-state index in [-0.39, 0.29) is 30.1 Å². The van der Waals surface area contributed by atoms with Crippen LogP contribution in [0.4, 0.5) is 16.2 Å². The normalized spacial score (nSPS) is 20.6. The van der Waals surface area contributed by atoms with Gasteiger partial charge in [0.05, 0.1) is 17.1 Å². The van der Waals surface area contributed by atoms with Crippen LogP contribution in [0.15, 0.2) is 24.3 Å². The number of amides is 2. The summed E-state index contributed by atoms with van der Waals surface area (Å²) in [5.41, 5.74) is 1.11. The number of carbonyl (C=O) groups is 2. The first-order valence-electron chi connectivity index (χ1n) is 9.97. The van der Waals surface area contributed by atoms with E-state index in [1.807, 2.05) is 45.0 Å². The summed E-state index contributed by atoms with van der Waals surface area (Å²) in [6.45, 7) is 8.09. The zero-order valence-corrected chi connectivity index (χ0v) is 19.1. The fraction of sp³-hybridized carbons (Fsp3) is 0.600. The zero-order valence-electron chi connectivity index (χ0n) is 17.5. The van der Waals surface area contributed by atoms with E-state index in [1.54, 1.807) is 9.80 Å². The number of benzene rings is 1. The monoisotopic (exact) mass is 457 g/mol. The molecular formula is C20H28ClN3O5S. The Balaban J connectivity index is 1.70. The maximum Gasteiger partial charge on any atom is 0.410 e. The van der Waals surface area contributed by atoms with E-state index in [1.165, 1.54) is 0 Å². The van der Waals surface area contributed by atoms with Gasteiger partial charge in [-0.25, -0.2) is 13.2 Å². The number of hydrogen-bond donors (Lipinski definition) is 0. The van der Waals surface area contributed by atoms with Crippen LogP contribution in [0.1, 0.15) is 27.2 Å². The highest BCUT2D eigenvalue weighted by molar-refractivity contribution is 8.13. The molecule has 10 heteroatoms. The molecule has 0 aromatic heterocycles. The summed E-state index contributed by atoms with van der Waals surface area (Å²) in [6.07, 6.45) is -0.164. The highest BCUT2D eigenvalue weighted by Crippen LogP contribution is 2.35. The Labute approximate surface area is 182 Å². The number of ether oxygens (including phenoxy) is 1. The summed E-state index contributed by atoms with van der Waals surface area (Å²) in [5.74, 6) is -0.648. The molecule has 1 aromatic carbocycles. The number of para-hydroxylation sites is 2. The van der Waals surface area contributed by atoms with Crippen molar-refractivity contribution in [3.63, 3.8) is 0 Å². The van der Waals surface area contributed by atoms with Gasteiger partial charge in [-0.05, 0) is 32.9 Å². The Bertz CT molecular complexity index is 907. The molecule has 8 nitrogen and oxygen atoms in total. The molecule has 2 heterocycles. The number of nitrogens with zero attached hydrogens (tertiary/aromatic N) is 3. The van der Waals surface area contributed by atoms with Crippen LogP contribution in [0.5, 0.6) is 0 Å². The number of carbonyl (C=O) groups excluding carboxylic acids is 2. The van der Waals surface area contributed by atoms with Crippen LogP contribution in [0.3, 0.4) is 0 Å². The average Bonchev–Trinajstić information content (AvgIpc) is 2.98. The van der Waals surface area contributed by atoms with E-state index in [0.29, 0.717) is 32.7 Å². The van der Waals surface area contributed by atoms with E-state index in [4.69, 9.17) is 15.4 Å². The van der Waals surface area contributed by atoms with Gasteiger partial charge in [-0.3, -0.25) is 4.79 Å². The Kier molecular flexibility index (Phi) is 6.52. The Hall–Kier alpha value is -2.00. The van der Waals surface area contributed by atoms with Crippen molar-refractivity contribution < 1.29 is 22.7 Å². The molecule has 0 bridgehead atoms. The van der Waals surface area contributed by atoms with E-state index < -0.39 is 14.7 Å².